The van der Waals surface area contributed by atoms with Crippen LogP contribution in [-0.4, -0.2) is 85.3 Å². The highest BCUT2D eigenvalue weighted by Crippen LogP contribution is 2.35. The van der Waals surface area contributed by atoms with Gasteiger partial charge in [-0.05, 0) is 43.6 Å². The van der Waals surface area contributed by atoms with Gasteiger partial charge in [-0.25, -0.2) is 0 Å². The Hall–Kier alpha value is -2.40. The van der Waals surface area contributed by atoms with E-state index in [0.29, 0.717) is 35.3 Å². The zero-order chi connectivity index (χ0) is 23.3. The molecule has 0 bridgehead atoms. The number of hydrogen-bond acceptors (Lipinski definition) is 7. The molecule has 0 amide bonds. The van der Waals surface area contributed by atoms with Crippen LogP contribution in [0, 0.1) is 0 Å². The average Bonchev–Trinajstić information content (AvgIpc) is 3.53. The van der Waals surface area contributed by atoms with Gasteiger partial charge in [0.05, 0.1) is 31.4 Å². The van der Waals surface area contributed by atoms with Gasteiger partial charge in [0.15, 0.2) is 16.6 Å². The van der Waals surface area contributed by atoms with Crippen LogP contribution in [0.3, 0.4) is 0 Å². The van der Waals surface area contributed by atoms with Crippen LogP contribution in [0.1, 0.15) is 24.8 Å². The smallest absolute Gasteiger partial charge is 0.253 e. The monoisotopic (exact) mass is 488 g/mol. The Labute approximate surface area is 204 Å². The number of benzene rings is 1. The molecule has 9 nitrogen and oxygen atoms in total. The largest absolute Gasteiger partial charge is 0.454 e. The number of hydrogen-bond donors (Lipinski definition) is 2. The Morgan fingerprint density at radius 3 is 2.79 bits per heavy atom. The Bertz CT molecular complexity index is 1070. The van der Waals surface area contributed by atoms with Gasteiger partial charge in [-0.3, -0.25) is 9.69 Å². The van der Waals surface area contributed by atoms with Gasteiger partial charge < -0.3 is 34.1 Å². The highest BCUT2D eigenvalue weighted by molar-refractivity contribution is 7.80. The number of aromatic amines is 1. The van der Waals surface area contributed by atoms with Gasteiger partial charge in [-0.1, -0.05) is 0 Å². The Morgan fingerprint density at radius 1 is 1.18 bits per heavy atom. The van der Waals surface area contributed by atoms with E-state index in [4.69, 9.17) is 31.2 Å². The van der Waals surface area contributed by atoms with Crippen molar-refractivity contribution in [3.63, 3.8) is 0 Å². The van der Waals surface area contributed by atoms with E-state index in [1.165, 1.54) is 0 Å². The molecule has 0 unspecified atom stereocenters. The van der Waals surface area contributed by atoms with E-state index < -0.39 is 0 Å². The van der Waals surface area contributed by atoms with Crippen LogP contribution in [-0.2, 0) is 16.0 Å². The second-order valence-corrected chi connectivity index (χ2v) is 9.35. The number of pyridine rings is 1. The van der Waals surface area contributed by atoms with Crippen molar-refractivity contribution in [3.8, 4) is 11.5 Å². The summed E-state index contributed by atoms with van der Waals surface area (Å²) in [5.41, 5.74) is 1.28. The molecule has 34 heavy (non-hydrogen) atoms. The molecular formula is C24H32N4O5S. The van der Waals surface area contributed by atoms with Crippen molar-refractivity contribution in [2.75, 3.05) is 59.3 Å². The third kappa shape index (κ3) is 5.63. The first-order valence-electron chi connectivity index (χ1n) is 12.1. The minimum atomic E-state index is -0.119. The summed E-state index contributed by atoms with van der Waals surface area (Å²) in [6, 6.07) is 5.65. The minimum Gasteiger partial charge on any atom is -0.454 e. The molecule has 5 rings (SSSR count). The predicted octanol–water partition coefficient (Wildman–Crippen LogP) is 1.83. The zero-order valence-electron chi connectivity index (χ0n) is 19.3. The topological polar surface area (TPSA) is 88.3 Å². The zero-order valence-corrected chi connectivity index (χ0v) is 20.2. The van der Waals surface area contributed by atoms with Gasteiger partial charge in [0.25, 0.3) is 5.56 Å². The number of ether oxygens (including phenoxy) is 4. The summed E-state index contributed by atoms with van der Waals surface area (Å²) >= 11 is 5.76. The summed E-state index contributed by atoms with van der Waals surface area (Å²) in [5, 5.41) is 4.94. The van der Waals surface area contributed by atoms with Crippen LogP contribution in [0.15, 0.2) is 23.0 Å². The number of thiocarbonyl (C=S) groups is 1. The van der Waals surface area contributed by atoms with E-state index in [-0.39, 0.29) is 18.5 Å². The number of rotatable bonds is 8. The van der Waals surface area contributed by atoms with Crippen LogP contribution >= 0.6 is 12.2 Å². The van der Waals surface area contributed by atoms with Crippen molar-refractivity contribution in [3.05, 3.63) is 34.1 Å². The van der Waals surface area contributed by atoms with E-state index in [1.54, 1.807) is 0 Å². The summed E-state index contributed by atoms with van der Waals surface area (Å²) in [5.74, 6) is 1.35. The van der Waals surface area contributed by atoms with Crippen LogP contribution in [0.25, 0.3) is 10.9 Å². The number of H-pyrrole nitrogens is 1. The third-order valence-electron chi connectivity index (χ3n) is 6.57. The van der Waals surface area contributed by atoms with Gasteiger partial charge in [-0.2, -0.15) is 0 Å². The first-order valence-corrected chi connectivity index (χ1v) is 12.5. The van der Waals surface area contributed by atoms with Crippen molar-refractivity contribution in [1.82, 2.24) is 20.1 Å². The van der Waals surface area contributed by atoms with E-state index >= 15 is 0 Å². The maximum absolute atomic E-state index is 12.9. The molecule has 2 fully saturated rings. The molecule has 0 aliphatic carbocycles. The number of nitrogens with one attached hydrogen (secondary N) is 2. The van der Waals surface area contributed by atoms with Crippen LogP contribution < -0.4 is 20.3 Å². The quantitative estimate of drug-likeness (QED) is 0.541. The number of nitrogens with zero attached hydrogens (tertiary/aromatic N) is 2. The SMILES string of the molecule is O=c1[nH]c2cc3c(cc2cc1CN(CCCN1CCOCC1)C(=S)NC[C@@H]1CCCO1)OCO3. The summed E-state index contributed by atoms with van der Waals surface area (Å²) in [6.45, 7) is 7.36. The molecular weight excluding hydrogens is 456 g/mol. The molecule has 2 aromatic rings. The maximum Gasteiger partial charge on any atom is 0.253 e. The third-order valence-corrected chi connectivity index (χ3v) is 6.98. The van der Waals surface area contributed by atoms with E-state index in [9.17, 15) is 4.79 Å². The molecule has 0 radical (unpaired) electrons. The normalized spacial score (nSPS) is 20.1. The van der Waals surface area contributed by atoms with Crippen molar-refractivity contribution < 1.29 is 18.9 Å². The van der Waals surface area contributed by atoms with Crippen LogP contribution in [0.4, 0.5) is 0 Å². The summed E-state index contributed by atoms with van der Waals surface area (Å²) in [4.78, 5) is 20.4. The predicted molar refractivity (Wildman–Crippen MR) is 133 cm³/mol. The lowest BCUT2D eigenvalue weighted by Gasteiger charge is -2.30. The van der Waals surface area contributed by atoms with Crippen molar-refractivity contribution in [2.24, 2.45) is 0 Å². The molecule has 0 saturated carbocycles. The highest BCUT2D eigenvalue weighted by atomic mass is 32.1. The molecule has 184 valence electrons. The molecule has 1 atom stereocenters. The van der Waals surface area contributed by atoms with Crippen LogP contribution in [0.2, 0.25) is 0 Å². The number of fused-ring (bicyclic) bond motifs is 2. The Balaban J connectivity index is 1.29. The summed E-state index contributed by atoms with van der Waals surface area (Å²) in [6.07, 6.45) is 3.29. The molecule has 2 saturated heterocycles. The van der Waals surface area contributed by atoms with Gasteiger partial charge in [0.2, 0.25) is 6.79 Å². The van der Waals surface area contributed by atoms with E-state index in [1.807, 2.05) is 18.2 Å². The lowest BCUT2D eigenvalue weighted by Crippen LogP contribution is -2.44. The van der Waals surface area contributed by atoms with Crippen LogP contribution in [0.5, 0.6) is 11.5 Å². The fourth-order valence-corrected chi connectivity index (χ4v) is 4.88. The molecule has 1 aromatic carbocycles. The molecule has 3 aliphatic heterocycles. The molecule has 2 N–H and O–H groups in total. The molecule has 3 aliphatic rings. The maximum atomic E-state index is 12.9. The van der Waals surface area contributed by atoms with Crippen molar-refractivity contribution in [1.29, 1.82) is 0 Å². The second kappa shape index (κ2) is 10.9. The van der Waals surface area contributed by atoms with Gasteiger partial charge >= 0.3 is 0 Å². The summed E-state index contributed by atoms with van der Waals surface area (Å²) in [7, 11) is 0. The van der Waals surface area contributed by atoms with Gasteiger partial charge in [0.1, 0.15) is 0 Å². The Kier molecular flexibility index (Phi) is 7.48. The molecule has 10 heteroatoms. The molecule has 4 heterocycles. The van der Waals surface area contributed by atoms with Crippen molar-refractivity contribution >= 4 is 28.2 Å². The van der Waals surface area contributed by atoms with Crippen molar-refractivity contribution in [2.45, 2.75) is 31.9 Å². The fraction of sp³-hybridized carbons (Fsp3) is 0.583. The van der Waals surface area contributed by atoms with E-state index in [2.05, 4.69) is 20.1 Å². The number of aromatic nitrogens is 1. The van der Waals surface area contributed by atoms with E-state index in [0.717, 1.165) is 76.2 Å². The Morgan fingerprint density at radius 2 is 2.00 bits per heavy atom. The van der Waals surface area contributed by atoms with Gasteiger partial charge in [0, 0.05) is 56.3 Å². The lowest BCUT2D eigenvalue weighted by molar-refractivity contribution is 0.0367. The lowest BCUT2D eigenvalue weighted by atomic mass is 10.1. The second-order valence-electron chi connectivity index (χ2n) is 8.97. The standard InChI is InChI=1S/C24H32N4O5S/c29-23-18(11-17-12-21-22(33-16-32-21)13-20(17)26-23)15-28(5-2-4-27-6-9-30-10-7-27)24(34)25-14-19-3-1-8-31-19/h11-13,19H,1-10,14-16H2,(H,25,34)(H,26,29)/t19-/m0/s1. The molecule has 0 spiro atoms. The first kappa shape index (κ1) is 23.3. The molecule has 1 aromatic heterocycles. The average molecular weight is 489 g/mol. The van der Waals surface area contributed by atoms with Gasteiger partial charge in [-0.15, -0.1) is 0 Å². The number of morpholine rings is 1. The first-order chi connectivity index (χ1) is 16.7. The summed E-state index contributed by atoms with van der Waals surface area (Å²) < 4.78 is 22.1. The minimum absolute atomic E-state index is 0.119. The highest BCUT2D eigenvalue weighted by Gasteiger charge is 2.20. The fourth-order valence-electron chi connectivity index (χ4n) is 4.64.